The predicted octanol–water partition coefficient (Wildman–Crippen LogP) is 2.81. The van der Waals surface area contributed by atoms with Gasteiger partial charge in [0.2, 0.25) is 10.0 Å². The van der Waals surface area contributed by atoms with Crippen molar-refractivity contribution in [1.29, 1.82) is 0 Å². The number of nitrogens with zero attached hydrogens (tertiary/aromatic N) is 1. The number of allylic oxidation sites excluding steroid dienone is 4. The van der Waals surface area contributed by atoms with E-state index in [9.17, 15) is 8.42 Å². The first kappa shape index (κ1) is 17.3. The highest BCUT2D eigenvalue weighted by Crippen LogP contribution is 2.36. The van der Waals surface area contributed by atoms with Gasteiger partial charge in [-0.15, -0.1) is 0 Å². The zero-order valence-corrected chi connectivity index (χ0v) is 16.1. The fraction of sp³-hybridized carbons (Fsp3) is 0.333. The Balaban J connectivity index is 1.83. The lowest BCUT2D eigenvalue weighted by Gasteiger charge is -2.12. The van der Waals surface area contributed by atoms with Crippen LogP contribution in [0.2, 0.25) is 0 Å². The summed E-state index contributed by atoms with van der Waals surface area (Å²) in [5, 5.41) is 2.72. The van der Waals surface area contributed by atoms with Crippen molar-refractivity contribution in [1.82, 2.24) is 9.29 Å². The van der Waals surface area contributed by atoms with Crippen molar-refractivity contribution < 1.29 is 8.42 Å². The van der Waals surface area contributed by atoms with Gasteiger partial charge in [0.15, 0.2) is 0 Å². The number of nitrogens with one attached hydrogen (secondary N) is 1. The number of benzene rings is 1. The van der Waals surface area contributed by atoms with Gasteiger partial charge in [-0.3, -0.25) is 0 Å². The smallest absolute Gasteiger partial charge is 0.242 e. The van der Waals surface area contributed by atoms with Crippen LogP contribution in [0.1, 0.15) is 32.1 Å². The first-order valence-electron chi connectivity index (χ1n) is 9.02. The average molecular weight is 369 g/mol. The minimum Gasteiger partial charge on any atom is -0.355 e. The van der Waals surface area contributed by atoms with Gasteiger partial charge in [0, 0.05) is 35.6 Å². The maximum atomic E-state index is 12.5. The second-order valence-electron chi connectivity index (χ2n) is 7.39. The average Bonchev–Trinajstić information content (AvgIpc) is 3.15. The molecule has 0 unspecified atom stereocenters. The molecule has 0 saturated carbocycles. The summed E-state index contributed by atoms with van der Waals surface area (Å²) in [5.74, 6) is 0. The molecule has 1 N–H and O–H groups in total. The molecular weight excluding hydrogens is 344 g/mol. The molecule has 0 bridgehead atoms. The minimum absolute atomic E-state index is 0.307. The maximum absolute atomic E-state index is 12.5. The highest BCUT2D eigenvalue weighted by Gasteiger charge is 2.19. The standard InChI is InChI=1S/C21H24N2O2S/c1-14-19(12-15-10-16-6-4-5-7-17(16)11-15)20-13-18(8-9-21(20)22-14)26(24,25)23(2)3/h8-10,12-13,22H,1,4-7,11H2,2-3H3/b19-12-. The van der Waals surface area contributed by atoms with Crippen LogP contribution in [0.3, 0.4) is 0 Å². The quantitative estimate of drug-likeness (QED) is 0.906. The number of fused-ring (bicyclic) bond motifs is 1. The number of H-pyrrole nitrogens is 1. The Labute approximate surface area is 154 Å². The molecule has 1 aromatic carbocycles. The molecule has 0 saturated heterocycles. The summed E-state index contributed by atoms with van der Waals surface area (Å²) in [6.07, 6.45) is 10.5. The Morgan fingerprint density at radius 1 is 1.19 bits per heavy atom. The summed E-state index contributed by atoms with van der Waals surface area (Å²) in [6.45, 7) is 4.13. The molecule has 4 nitrogen and oxygen atoms in total. The van der Waals surface area contributed by atoms with Crippen molar-refractivity contribution in [3.8, 4) is 0 Å². The topological polar surface area (TPSA) is 53.2 Å². The molecule has 0 fully saturated rings. The number of hydrogen-bond acceptors (Lipinski definition) is 2. The third-order valence-corrected chi connectivity index (χ3v) is 7.22. The number of sulfonamides is 1. The molecular formula is C21H24N2O2S. The largest absolute Gasteiger partial charge is 0.355 e. The molecule has 26 heavy (non-hydrogen) atoms. The molecule has 1 heterocycles. The van der Waals surface area contributed by atoms with Gasteiger partial charge >= 0.3 is 0 Å². The molecule has 2 aliphatic rings. The Kier molecular flexibility index (Phi) is 4.16. The maximum Gasteiger partial charge on any atom is 0.242 e. The highest BCUT2D eigenvalue weighted by molar-refractivity contribution is 7.89. The van der Waals surface area contributed by atoms with Crippen LogP contribution in [-0.4, -0.2) is 31.8 Å². The van der Waals surface area contributed by atoms with Gasteiger partial charge < -0.3 is 4.98 Å². The van der Waals surface area contributed by atoms with E-state index in [0.717, 1.165) is 27.9 Å². The van der Waals surface area contributed by atoms with Gasteiger partial charge in [-0.25, -0.2) is 12.7 Å². The molecule has 0 spiro atoms. The second kappa shape index (κ2) is 6.25. The fourth-order valence-corrected chi connectivity index (χ4v) is 4.88. The number of aromatic nitrogens is 1. The lowest BCUT2D eigenvalue weighted by atomic mass is 9.94. The molecule has 2 aliphatic carbocycles. The number of rotatable bonds is 3. The first-order valence-corrected chi connectivity index (χ1v) is 10.5. The predicted molar refractivity (Wildman–Crippen MR) is 107 cm³/mol. The van der Waals surface area contributed by atoms with E-state index >= 15 is 0 Å². The lowest BCUT2D eigenvalue weighted by Crippen LogP contribution is -2.23. The summed E-state index contributed by atoms with van der Waals surface area (Å²) in [4.78, 5) is 3.59. The van der Waals surface area contributed by atoms with Gasteiger partial charge in [-0.05, 0) is 67.5 Å². The Morgan fingerprint density at radius 2 is 1.96 bits per heavy atom. The summed E-state index contributed by atoms with van der Waals surface area (Å²) in [7, 11) is -0.355. The van der Waals surface area contributed by atoms with E-state index in [1.54, 1.807) is 31.8 Å². The van der Waals surface area contributed by atoms with Crippen LogP contribution in [0.5, 0.6) is 0 Å². The van der Waals surface area contributed by atoms with Gasteiger partial charge in [0.25, 0.3) is 0 Å². The van der Waals surface area contributed by atoms with Gasteiger partial charge in [0.05, 0.1) is 4.90 Å². The molecule has 0 radical (unpaired) electrons. The van der Waals surface area contributed by atoms with Crippen molar-refractivity contribution >= 4 is 33.6 Å². The van der Waals surface area contributed by atoms with Gasteiger partial charge in [-0.1, -0.05) is 18.2 Å². The van der Waals surface area contributed by atoms with E-state index in [0.29, 0.717) is 4.90 Å². The fourth-order valence-electron chi connectivity index (χ4n) is 3.95. The Bertz CT molecular complexity index is 1160. The zero-order chi connectivity index (χ0) is 18.5. The highest BCUT2D eigenvalue weighted by atomic mass is 32.2. The molecule has 5 heteroatoms. The third-order valence-electron chi connectivity index (χ3n) is 5.41. The third kappa shape index (κ3) is 2.85. The molecule has 2 aromatic rings. The summed E-state index contributed by atoms with van der Waals surface area (Å²) >= 11 is 0. The molecule has 1 aromatic heterocycles. The summed E-state index contributed by atoms with van der Waals surface area (Å²) < 4.78 is 26.2. The normalized spacial score (nSPS) is 18.7. The molecule has 4 rings (SSSR count). The Hall–Kier alpha value is -2.11. The minimum atomic E-state index is -3.46. The summed E-state index contributed by atoms with van der Waals surface area (Å²) in [6, 6.07) is 5.22. The molecule has 0 atom stereocenters. The van der Waals surface area contributed by atoms with E-state index in [2.05, 4.69) is 23.7 Å². The van der Waals surface area contributed by atoms with E-state index in [1.807, 2.05) is 6.07 Å². The monoisotopic (exact) mass is 368 g/mol. The van der Waals surface area contributed by atoms with Crippen molar-refractivity contribution in [2.24, 2.45) is 0 Å². The molecule has 0 amide bonds. The number of aromatic amines is 1. The molecule has 136 valence electrons. The van der Waals surface area contributed by atoms with Crippen molar-refractivity contribution in [3.05, 3.63) is 51.6 Å². The van der Waals surface area contributed by atoms with E-state index < -0.39 is 10.0 Å². The van der Waals surface area contributed by atoms with Crippen LogP contribution in [-0.2, 0) is 10.0 Å². The summed E-state index contributed by atoms with van der Waals surface area (Å²) in [5.41, 5.74) is 5.28. The van der Waals surface area contributed by atoms with Gasteiger partial charge in [-0.2, -0.15) is 0 Å². The number of hydrogen-bond donors (Lipinski definition) is 1. The molecule has 0 aliphatic heterocycles. The van der Waals surface area contributed by atoms with E-state index in [-0.39, 0.29) is 0 Å². The zero-order valence-electron chi connectivity index (χ0n) is 15.3. The lowest BCUT2D eigenvalue weighted by molar-refractivity contribution is 0.521. The van der Waals surface area contributed by atoms with Gasteiger partial charge in [0.1, 0.15) is 0 Å². The van der Waals surface area contributed by atoms with E-state index in [1.165, 1.54) is 41.1 Å². The van der Waals surface area contributed by atoms with Crippen molar-refractivity contribution in [2.75, 3.05) is 14.1 Å². The second-order valence-corrected chi connectivity index (χ2v) is 9.54. The van der Waals surface area contributed by atoms with Crippen LogP contribution in [0.25, 0.3) is 23.6 Å². The SMILES string of the molecule is C=c1[nH]c2ccc(S(=O)(=O)N(C)C)cc2/c1=C\C1=CC2=C(CCCC2)C1. The van der Waals surface area contributed by atoms with Crippen molar-refractivity contribution in [3.63, 3.8) is 0 Å². The Morgan fingerprint density at radius 3 is 2.69 bits per heavy atom. The first-order chi connectivity index (χ1) is 12.4. The van der Waals surface area contributed by atoms with Crippen molar-refractivity contribution in [2.45, 2.75) is 37.0 Å². The van der Waals surface area contributed by atoms with Crippen LogP contribution >= 0.6 is 0 Å². The van der Waals surface area contributed by atoms with Crippen LogP contribution < -0.4 is 10.6 Å². The van der Waals surface area contributed by atoms with Crippen LogP contribution in [0.4, 0.5) is 0 Å². The van der Waals surface area contributed by atoms with E-state index in [4.69, 9.17) is 0 Å². The van der Waals surface area contributed by atoms with Crippen LogP contribution in [0, 0.1) is 0 Å². The van der Waals surface area contributed by atoms with Crippen LogP contribution in [0.15, 0.2) is 45.9 Å².